The summed E-state index contributed by atoms with van der Waals surface area (Å²) in [6.07, 6.45) is 2.63. The summed E-state index contributed by atoms with van der Waals surface area (Å²) in [6.45, 7) is 4.73. The van der Waals surface area contributed by atoms with Crippen LogP contribution in [-0.2, 0) is 6.05 Å². The van der Waals surface area contributed by atoms with Gasteiger partial charge >= 0.3 is 6.05 Å². The van der Waals surface area contributed by atoms with Crippen LogP contribution in [0, 0.1) is 0 Å². The van der Waals surface area contributed by atoms with Crippen molar-refractivity contribution in [2.75, 3.05) is 0 Å². The lowest BCUT2D eigenvalue weighted by Crippen LogP contribution is -2.18. The molecule has 0 aliphatic heterocycles. The zero-order valence-corrected chi connectivity index (χ0v) is 11.1. The number of hydrogen-bond acceptors (Lipinski definition) is 2. The maximum absolute atomic E-state index is 13.1. The van der Waals surface area contributed by atoms with Gasteiger partial charge in [-0.3, -0.25) is 0 Å². The summed E-state index contributed by atoms with van der Waals surface area (Å²) in [5.74, 6) is 0.375. The zero-order chi connectivity index (χ0) is 14.2. The van der Waals surface area contributed by atoms with Crippen LogP contribution in [0.4, 0.5) is 8.78 Å². The van der Waals surface area contributed by atoms with Crippen molar-refractivity contribution in [3.05, 3.63) is 36.2 Å². The molecule has 0 bridgehead atoms. The maximum Gasteiger partial charge on any atom is 0.340 e. The molecule has 1 aromatic carbocycles. The molecule has 1 N–H and O–H groups in total. The van der Waals surface area contributed by atoms with Crippen LogP contribution in [0.1, 0.15) is 32.3 Å². The summed E-state index contributed by atoms with van der Waals surface area (Å²) >= 11 is 0. The largest absolute Gasteiger partial charge is 0.508 e. The molecule has 0 spiro atoms. The van der Waals surface area contributed by atoms with Crippen LogP contribution in [0.2, 0.25) is 0 Å². The Bertz CT molecular complexity index is 585. The molecule has 0 aliphatic rings. The Hall–Kier alpha value is -1.91. The highest BCUT2D eigenvalue weighted by molar-refractivity contribution is 5.64. The number of nitrogens with zero attached hydrogens (tertiary/aromatic N) is 2. The summed E-state index contributed by atoms with van der Waals surface area (Å²) < 4.78 is 26.8. The van der Waals surface area contributed by atoms with E-state index in [2.05, 4.69) is 5.10 Å². The molecule has 0 aliphatic carbocycles. The maximum atomic E-state index is 13.1. The van der Waals surface area contributed by atoms with Gasteiger partial charge in [0, 0.05) is 18.7 Å². The molecule has 0 saturated heterocycles. The molecule has 1 aromatic heterocycles. The average molecular weight is 266 g/mol. The number of alkyl halides is 2. The Balaban J connectivity index is 2.38. The van der Waals surface area contributed by atoms with Gasteiger partial charge < -0.3 is 5.11 Å². The topological polar surface area (TPSA) is 38.0 Å². The second-order valence-corrected chi connectivity index (χ2v) is 4.94. The molecule has 2 rings (SSSR count). The quantitative estimate of drug-likeness (QED) is 0.913. The number of rotatable bonds is 3. The number of phenolic OH excluding ortho intramolecular Hbond substituents is 1. The molecule has 19 heavy (non-hydrogen) atoms. The minimum atomic E-state index is -3.03. The molecule has 0 saturated carbocycles. The van der Waals surface area contributed by atoms with Crippen molar-refractivity contribution in [3.8, 4) is 16.9 Å². The van der Waals surface area contributed by atoms with Gasteiger partial charge in [0.2, 0.25) is 0 Å². The lowest BCUT2D eigenvalue weighted by atomic mass is 9.99. The fraction of sp³-hybridized carbons (Fsp3) is 0.357. The zero-order valence-electron chi connectivity index (χ0n) is 11.1. The van der Waals surface area contributed by atoms with Crippen molar-refractivity contribution in [1.82, 2.24) is 9.78 Å². The summed E-state index contributed by atoms with van der Waals surface area (Å²) in [7, 11) is 0. The van der Waals surface area contributed by atoms with Gasteiger partial charge in [-0.2, -0.15) is 13.9 Å². The van der Waals surface area contributed by atoms with E-state index in [9.17, 15) is 13.9 Å². The molecule has 0 amide bonds. The third-order valence-corrected chi connectivity index (χ3v) is 2.97. The van der Waals surface area contributed by atoms with E-state index in [0.717, 1.165) is 12.5 Å². The lowest BCUT2D eigenvalue weighted by Gasteiger charge is -2.10. The van der Waals surface area contributed by atoms with Gasteiger partial charge in [-0.05, 0) is 23.1 Å². The summed E-state index contributed by atoms with van der Waals surface area (Å²) in [4.78, 5) is 0. The highest BCUT2D eigenvalue weighted by atomic mass is 19.3. The third kappa shape index (κ3) is 2.75. The van der Waals surface area contributed by atoms with Crippen LogP contribution >= 0.6 is 0 Å². The van der Waals surface area contributed by atoms with E-state index in [1.165, 1.54) is 12.4 Å². The van der Waals surface area contributed by atoms with Crippen molar-refractivity contribution in [2.24, 2.45) is 0 Å². The van der Waals surface area contributed by atoms with Crippen LogP contribution < -0.4 is 0 Å². The number of phenols is 1. The highest BCUT2D eigenvalue weighted by Crippen LogP contribution is 2.31. The smallest absolute Gasteiger partial charge is 0.340 e. The van der Waals surface area contributed by atoms with E-state index < -0.39 is 6.05 Å². The first kappa shape index (κ1) is 13.5. The number of benzene rings is 1. The Labute approximate surface area is 110 Å². The molecule has 2 aromatic rings. The molecule has 0 fully saturated rings. The first-order valence-electron chi connectivity index (χ1n) is 6.05. The van der Waals surface area contributed by atoms with Gasteiger partial charge in [0.15, 0.2) is 0 Å². The predicted molar refractivity (Wildman–Crippen MR) is 69.3 cm³/mol. The number of aromatic hydroxyl groups is 1. The van der Waals surface area contributed by atoms with E-state index in [-0.39, 0.29) is 11.7 Å². The Morgan fingerprint density at radius 1 is 1.26 bits per heavy atom. The van der Waals surface area contributed by atoms with Gasteiger partial charge in [0.25, 0.3) is 0 Å². The molecule has 5 heteroatoms. The Kier molecular flexibility index (Phi) is 3.30. The molecule has 0 atom stereocenters. The number of halogens is 2. The number of hydrogen-bond donors (Lipinski definition) is 1. The third-order valence-electron chi connectivity index (χ3n) is 2.97. The van der Waals surface area contributed by atoms with E-state index in [1.807, 2.05) is 13.8 Å². The summed E-state index contributed by atoms with van der Waals surface area (Å²) in [5.41, 5.74) is 2.04. The molecule has 0 radical (unpaired) electrons. The van der Waals surface area contributed by atoms with Crippen LogP contribution in [0.15, 0.2) is 30.6 Å². The van der Waals surface area contributed by atoms with Gasteiger partial charge in [-0.1, -0.05) is 26.0 Å². The van der Waals surface area contributed by atoms with Gasteiger partial charge in [0.1, 0.15) is 5.75 Å². The molecular weight excluding hydrogens is 250 g/mol. The standard InChI is InChI=1S/C14H16F2N2O/c1-9(2)12-5-4-10(6-13(12)19)11-7-17-18(8-11)14(3,15)16/h4-9,19H,1-3H3. The fourth-order valence-corrected chi connectivity index (χ4v) is 1.90. The van der Waals surface area contributed by atoms with Gasteiger partial charge in [0.05, 0.1) is 6.20 Å². The van der Waals surface area contributed by atoms with Crippen molar-refractivity contribution in [3.63, 3.8) is 0 Å². The van der Waals surface area contributed by atoms with Crippen LogP contribution in [0.3, 0.4) is 0 Å². The van der Waals surface area contributed by atoms with Crippen molar-refractivity contribution < 1.29 is 13.9 Å². The first-order valence-corrected chi connectivity index (χ1v) is 6.05. The number of aromatic nitrogens is 2. The Morgan fingerprint density at radius 3 is 2.42 bits per heavy atom. The van der Waals surface area contributed by atoms with Crippen LogP contribution in [0.25, 0.3) is 11.1 Å². The molecule has 1 heterocycles. The van der Waals surface area contributed by atoms with E-state index >= 15 is 0 Å². The normalized spacial score (nSPS) is 12.1. The Morgan fingerprint density at radius 2 is 1.95 bits per heavy atom. The van der Waals surface area contributed by atoms with E-state index in [4.69, 9.17) is 0 Å². The summed E-state index contributed by atoms with van der Waals surface area (Å²) in [6, 6.07) is 2.14. The first-order chi connectivity index (χ1) is 8.79. The monoisotopic (exact) mass is 266 g/mol. The molecule has 3 nitrogen and oxygen atoms in total. The molecule has 0 unspecified atom stereocenters. The van der Waals surface area contributed by atoms with Crippen LogP contribution in [0.5, 0.6) is 5.75 Å². The minimum Gasteiger partial charge on any atom is -0.508 e. The SMILES string of the molecule is CC(C)c1ccc(-c2cnn(C(C)(F)F)c2)cc1O. The van der Waals surface area contributed by atoms with Crippen molar-refractivity contribution >= 4 is 0 Å². The predicted octanol–water partition coefficient (Wildman–Crippen LogP) is 3.95. The van der Waals surface area contributed by atoms with Gasteiger partial charge in [-0.15, -0.1) is 0 Å². The van der Waals surface area contributed by atoms with Crippen molar-refractivity contribution in [2.45, 2.75) is 32.7 Å². The summed E-state index contributed by atoms with van der Waals surface area (Å²) in [5, 5.41) is 13.6. The highest BCUT2D eigenvalue weighted by Gasteiger charge is 2.24. The minimum absolute atomic E-state index is 0.170. The van der Waals surface area contributed by atoms with Gasteiger partial charge in [-0.25, -0.2) is 4.68 Å². The fourth-order valence-electron chi connectivity index (χ4n) is 1.90. The second-order valence-electron chi connectivity index (χ2n) is 4.94. The second kappa shape index (κ2) is 4.64. The average Bonchev–Trinajstić information content (AvgIpc) is 2.76. The van der Waals surface area contributed by atoms with Crippen molar-refractivity contribution in [1.29, 1.82) is 0 Å². The van der Waals surface area contributed by atoms with E-state index in [1.54, 1.807) is 18.2 Å². The molecular formula is C14H16F2N2O. The van der Waals surface area contributed by atoms with E-state index in [0.29, 0.717) is 15.8 Å². The molecule has 102 valence electrons. The lowest BCUT2D eigenvalue weighted by molar-refractivity contribution is -0.0722. The van der Waals surface area contributed by atoms with Crippen LogP contribution in [-0.4, -0.2) is 14.9 Å².